The van der Waals surface area contributed by atoms with Crippen molar-refractivity contribution < 1.29 is 28.9 Å². The predicted octanol–water partition coefficient (Wildman–Crippen LogP) is 3.66. The molecule has 0 radical (unpaired) electrons. The Morgan fingerprint density at radius 1 is 1.03 bits per heavy atom. The van der Waals surface area contributed by atoms with Gasteiger partial charge in [0, 0.05) is 12.5 Å². The fourth-order valence-corrected chi connectivity index (χ4v) is 4.66. The van der Waals surface area contributed by atoms with Gasteiger partial charge in [0.05, 0.1) is 6.42 Å². The maximum atomic E-state index is 12.6. The SMILES string of the molecule is O=C(O)CC(CNC(=O)c1nonc1NC(=O)OCC1c2ccccc2-c2ccccc21)C1CC1. The van der Waals surface area contributed by atoms with E-state index in [0.717, 1.165) is 35.1 Å². The van der Waals surface area contributed by atoms with Crippen molar-refractivity contribution in [3.05, 3.63) is 65.4 Å². The summed E-state index contributed by atoms with van der Waals surface area (Å²) in [6.45, 7) is 0.290. The summed E-state index contributed by atoms with van der Waals surface area (Å²) in [6, 6.07) is 16.0. The van der Waals surface area contributed by atoms with Crippen LogP contribution in [-0.2, 0) is 9.53 Å². The van der Waals surface area contributed by atoms with Gasteiger partial charge >= 0.3 is 12.1 Å². The van der Waals surface area contributed by atoms with Gasteiger partial charge in [-0.1, -0.05) is 48.5 Å². The molecule has 1 atom stereocenters. The number of nitrogens with zero attached hydrogens (tertiary/aromatic N) is 2. The Bertz CT molecular complexity index is 1220. The summed E-state index contributed by atoms with van der Waals surface area (Å²) < 4.78 is 10.1. The van der Waals surface area contributed by atoms with E-state index in [4.69, 9.17) is 9.84 Å². The Labute approximate surface area is 200 Å². The lowest BCUT2D eigenvalue weighted by atomic mass is 9.98. The van der Waals surface area contributed by atoms with Crippen LogP contribution in [0.15, 0.2) is 53.2 Å². The number of anilines is 1. The molecule has 10 heteroatoms. The number of amides is 2. The van der Waals surface area contributed by atoms with Gasteiger partial charge in [-0.05, 0) is 57.2 Å². The normalized spacial score (nSPS) is 15.1. The fraction of sp³-hybridized carbons (Fsp3) is 0.320. The average Bonchev–Trinajstić information content (AvgIpc) is 3.52. The Morgan fingerprint density at radius 3 is 2.31 bits per heavy atom. The summed E-state index contributed by atoms with van der Waals surface area (Å²) in [5.41, 5.74) is 4.18. The third-order valence-corrected chi connectivity index (χ3v) is 6.52. The Balaban J connectivity index is 1.19. The topological polar surface area (TPSA) is 144 Å². The Hall–Kier alpha value is -4.21. The summed E-state index contributed by atoms with van der Waals surface area (Å²) in [6.07, 6.45) is 1.09. The second kappa shape index (κ2) is 9.57. The molecule has 0 bridgehead atoms. The van der Waals surface area contributed by atoms with Crippen LogP contribution in [0.4, 0.5) is 10.6 Å². The number of hydrogen-bond donors (Lipinski definition) is 3. The largest absolute Gasteiger partial charge is 0.481 e. The minimum Gasteiger partial charge on any atom is -0.481 e. The molecular formula is C25H24N4O6. The van der Waals surface area contributed by atoms with E-state index in [-0.39, 0.29) is 42.9 Å². The molecule has 3 N–H and O–H groups in total. The molecule has 1 heterocycles. The van der Waals surface area contributed by atoms with Gasteiger partial charge in [-0.15, -0.1) is 0 Å². The molecule has 1 unspecified atom stereocenters. The first-order valence-electron chi connectivity index (χ1n) is 11.5. The van der Waals surface area contributed by atoms with E-state index in [1.165, 1.54) is 0 Å². The third kappa shape index (κ3) is 4.86. The summed E-state index contributed by atoms with van der Waals surface area (Å²) in [4.78, 5) is 36.2. The summed E-state index contributed by atoms with van der Waals surface area (Å²) >= 11 is 0. The van der Waals surface area contributed by atoms with E-state index < -0.39 is 18.0 Å². The van der Waals surface area contributed by atoms with Crippen molar-refractivity contribution in [1.29, 1.82) is 0 Å². The van der Waals surface area contributed by atoms with Gasteiger partial charge < -0.3 is 15.2 Å². The van der Waals surface area contributed by atoms with Gasteiger partial charge in [-0.3, -0.25) is 14.9 Å². The zero-order valence-electron chi connectivity index (χ0n) is 18.8. The fourth-order valence-electron chi connectivity index (χ4n) is 4.66. The molecule has 2 aliphatic carbocycles. The average molecular weight is 476 g/mol. The van der Waals surface area contributed by atoms with Crippen LogP contribution < -0.4 is 10.6 Å². The molecule has 5 rings (SSSR count). The molecule has 2 amide bonds. The molecule has 1 fully saturated rings. The van der Waals surface area contributed by atoms with Crippen molar-refractivity contribution in [2.24, 2.45) is 11.8 Å². The Morgan fingerprint density at radius 2 is 1.69 bits per heavy atom. The van der Waals surface area contributed by atoms with E-state index in [1.807, 2.05) is 48.5 Å². The third-order valence-electron chi connectivity index (χ3n) is 6.52. The number of rotatable bonds is 9. The summed E-state index contributed by atoms with van der Waals surface area (Å²) in [5, 5.41) is 21.3. The molecule has 1 aromatic heterocycles. The van der Waals surface area contributed by atoms with Crippen LogP contribution in [0, 0.1) is 11.8 Å². The minimum atomic E-state index is -0.906. The number of carbonyl (C=O) groups is 3. The van der Waals surface area contributed by atoms with Crippen molar-refractivity contribution in [3.8, 4) is 11.1 Å². The van der Waals surface area contributed by atoms with Gasteiger partial charge in [0.25, 0.3) is 5.91 Å². The molecule has 35 heavy (non-hydrogen) atoms. The Kier molecular flexibility index (Phi) is 6.17. The van der Waals surface area contributed by atoms with Gasteiger partial charge in [-0.25, -0.2) is 9.42 Å². The van der Waals surface area contributed by atoms with Crippen molar-refractivity contribution in [1.82, 2.24) is 15.6 Å². The highest BCUT2D eigenvalue weighted by Crippen LogP contribution is 2.44. The molecular weight excluding hydrogens is 452 g/mol. The van der Waals surface area contributed by atoms with E-state index in [0.29, 0.717) is 5.92 Å². The van der Waals surface area contributed by atoms with Gasteiger partial charge in [-0.2, -0.15) is 0 Å². The number of aliphatic carboxylic acids is 1. The van der Waals surface area contributed by atoms with Crippen LogP contribution in [0.5, 0.6) is 0 Å². The van der Waals surface area contributed by atoms with Crippen molar-refractivity contribution in [2.75, 3.05) is 18.5 Å². The highest BCUT2D eigenvalue weighted by Gasteiger charge is 2.33. The molecule has 1 saturated carbocycles. The molecule has 3 aromatic rings. The quantitative estimate of drug-likeness (QED) is 0.424. The zero-order valence-corrected chi connectivity index (χ0v) is 18.8. The number of carboxylic acid groups (broad SMARTS) is 1. The number of benzene rings is 2. The number of carboxylic acids is 1. The number of carbonyl (C=O) groups excluding carboxylic acids is 2. The number of aromatic nitrogens is 2. The van der Waals surface area contributed by atoms with E-state index in [2.05, 4.69) is 25.6 Å². The lowest BCUT2D eigenvalue weighted by Crippen LogP contribution is -2.32. The first-order chi connectivity index (χ1) is 17.0. The molecule has 2 aromatic carbocycles. The highest BCUT2D eigenvalue weighted by atomic mass is 16.6. The number of fused-ring (bicyclic) bond motifs is 3. The second-order valence-corrected chi connectivity index (χ2v) is 8.82. The van der Waals surface area contributed by atoms with E-state index in [9.17, 15) is 14.4 Å². The van der Waals surface area contributed by atoms with Crippen LogP contribution in [0.25, 0.3) is 11.1 Å². The molecule has 0 spiro atoms. The van der Waals surface area contributed by atoms with Crippen LogP contribution in [-0.4, -0.2) is 46.5 Å². The van der Waals surface area contributed by atoms with Gasteiger partial charge in [0.2, 0.25) is 11.5 Å². The number of nitrogens with one attached hydrogen (secondary N) is 2. The van der Waals surface area contributed by atoms with Gasteiger partial charge in [0.15, 0.2) is 0 Å². The lowest BCUT2D eigenvalue weighted by molar-refractivity contribution is -0.138. The van der Waals surface area contributed by atoms with Crippen molar-refractivity contribution in [3.63, 3.8) is 0 Å². The summed E-state index contributed by atoms with van der Waals surface area (Å²) in [7, 11) is 0. The van der Waals surface area contributed by atoms with Crippen LogP contribution in [0.3, 0.4) is 0 Å². The zero-order chi connectivity index (χ0) is 24.4. The molecule has 180 valence electrons. The minimum absolute atomic E-state index is 0.0210. The van der Waals surface area contributed by atoms with Crippen molar-refractivity contribution >= 4 is 23.8 Å². The van der Waals surface area contributed by atoms with Crippen molar-refractivity contribution in [2.45, 2.75) is 25.2 Å². The maximum Gasteiger partial charge on any atom is 0.412 e. The number of hydrogen-bond acceptors (Lipinski definition) is 7. The molecule has 0 aliphatic heterocycles. The molecule has 2 aliphatic rings. The molecule has 10 nitrogen and oxygen atoms in total. The summed E-state index contributed by atoms with van der Waals surface area (Å²) in [5.74, 6) is -1.66. The predicted molar refractivity (Wildman–Crippen MR) is 124 cm³/mol. The lowest BCUT2D eigenvalue weighted by Gasteiger charge is -2.15. The standard InChI is InChI=1S/C25H24N4O6/c30-21(31)11-15(14-9-10-14)12-26-24(32)22-23(29-35-28-22)27-25(33)34-13-20-18-7-3-1-5-16(18)17-6-2-4-8-19(17)20/h1-8,14-15,20H,9-13H2,(H,26,32)(H,30,31)(H,27,29,33). The van der Waals surface area contributed by atoms with E-state index in [1.54, 1.807) is 0 Å². The van der Waals surface area contributed by atoms with E-state index >= 15 is 0 Å². The molecule has 0 saturated heterocycles. The smallest absolute Gasteiger partial charge is 0.412 e. The number of ether oxygens (including phenoxy) is 1. The highest BCUT2D eigenvalue weighted by molar-refractivity contribution is 5.99. The van der Waals surface area contributed by atoms with Crippen LogP contribution in [0.2, 0.25) is 0 Å². The first-order valence-corrected chi connectivity index (χ1v) is 11.5. The first kappa shape index (κ1) is 22.6. The maximum absolute atomic E-state index is 12.6. The van der Waals surface area contributed by atoms with Crippen LogP contribution in [0.1, 0.15) is 46.8 Å². The van der Waals surface area contributed by atoms with Crippen LogP contribution >= 0.6 is 0 Å². The van der Waals surface area contributed by atoms with Gasteiger partial charge in [0.1, 0.15) is 6.61 Å². The monoisotopic (exact) mass is 476 g/mol. The second-order valence-electron chi connectivity index (χ2n) is 8.82.